The van der Waals surface area contributed by atoms with E-state index in [4.69, 9.17) is 4.74 Å². The summed E-state index contributed by atoms with van der Waals surface area (Å²) in [4.78, 5) is 12.2. The van der Waals surface area contributed by atoms with Crippen LogP contribution in [0.1, 0.15) is 119 Å². The second-order valence-corrected chi connectivity index (χ2v) is 13.7. The van der Waals surface area contributed by atoms with Gasteiger partial charge in [0, 0.05) is 6.42 Å². The Hall–Kier alpha value is -0.790. The molecule has 2 heteroatoms. The van der Waals surface area contributed by atoms with Gasteiger partial charge in [-0.3, -0.25) is 4.79 Å². The molecule has 0 bridgehead atoms. The molecule has 0 aromatic carbocycles. The van der Waals surface area contributed by atoms with E-state index in [-0.39, 0.29) is 18.0 Å². The highest BCUT2D eigenvalue weighted by atomic mass is 16.5. The predicted octanol–water partition coefficient (Wildman–Crippen LogP) is 8.60. The Morgan fingerprint density at radius 2 is 1.76 bits per heavy atom. The van der Waals surface area contributed by atoms with Crippen molar-refractivity contribution in [3.05, 3.63) is 11.6 Å². The number of fused-ring (bicyclic) bond motifs is 5. The van der Waals surface area contributed by atoms with Crippen molar-refractivity contribution in [2.24, 2.45) is 52.3 Å². The molecule has 0 radical (unpaired) electrons. The molecule has 8 atom stereocenters. The molecule has 4 rings (SSSR count). The van der Waals surface area contributed by atoms with Gasteiger partial charge in [-0.15, -0.1) is 0 Å². The van der Waals surface area contributed by atoms with Crippen molar-refractivity contribution in [2.75, 3.05) is 0 Å². The number of hydrogen-bond donors (Lipinski definition) is 0. The lowest BCUT2D eigenvalue weighted by Gasteiger charge is -2.58. The summed E-state index contributed by atoms with van der Waals surface area (Å²) < 4.78 is 5.88. The first-order valence-corrected chi connectivity index (χ1v) is 14.5. The van der Waals surface area contributed by atoms with Crippen LogP contribution in [-0.4, -0.2) is 12.1 Å². The number of ether oxygens (including phenoxy) is 1. The molecule has 0 aliphatic heterocycles. The maximum absolute atomic E-state index is 12.2. The third kappa shape index (κ3) is 4.71. The first-order chi connectivity index (χ1) is 15.6. The first kappa shape index (κ1) is 25.3. The molecule has 0 unspecified atom stereocenters. The number of hydrogen-bond acceptors (Lipinski definition) is 2. The van der Waals surface area contributed by atoms with Crippen LogP contribution in [0.25, 0.3) is 0 Å². The van der Waals surface area contributed by atoms with Gasteiger partial charge >= 0.3 is 5.97 Å². The smallest absolute Gasteiger partial charge is 0.308 e. The largest absolute Gasteiger partial charge is 0.462 e. The highest BCUT2D eigenvalue weighted by Crippen LogP contribution is 2.67. The standard InChI is InChI=1S/C31H52O2/c1-20(2)9-8-10-22(5)26-13-14-27-25-12-11-23-19-24(33-29(32)21(3)4)15-17-30(23,6)28(25)16-18-31(26,27)7/h11,20-22,24-28H,8-10,12-19H2,1-7H3/t22-,24-,25+,26-,27+,28+,30+,31-/m1/s1. The van der Waals surface area contributed by atoms with E-state index in [0.29, 0.717) is 10.8 Å². The Bertz CT molecular complexity index is 735. The van der Waals surface area contributed by atoms with Crippen LogP contribution in [0.4, 0.5) is 0 Å². The monoisotopic (exact) mass is 456 g/mol. The van der Waals surface area contributed by atoms with Crippen molar-refractivity contribution >= 4 is 5.97 Å². The maximum atomic E-state index is 12.2. The van der Waals surface area contributed by atoms with Gasteiger partial charge in [-0.05, 0) is 91.3 Å². The van der Waals surface area contributed by atoms with Gasteiger partial charge in [-0.25, -0.2) is 0 Å². The summed E-state index contributed by atoms with van der Waals surface area (Å²) in [6.07, 6.45) is 17.2. The second-order valence-electron chi connectivity index (χ2n) is 13.7. The van der Waals surface area contributed by atoms with Crippen molar-refractivity contribution in [3.63, 3.8) is 0 Å². The summed E-state index contributed by atoms with van der Waals surface area (Å²) in [7, 11) is 0. The van der Waals surface area contributed by atoms with E-state index < -0.39 is 0 Å². The third-order valence-corrected chi connectivity index (χ3v) is 11.0. The molecule has 3 fully saturated rings. The summed E-state index contributed by atoms with van der Waals surface area (Å²) in [5, 5.41) is 0. The van der Waals surface area contributed by atoms with Gasteiger partial charge in [0.2, 0.25) is 0 Å². The molecular formula is C31H52O2. The first-order valence-electron chi connectivity index (χ1n) is 14.5. The predicted molar refractivity (Wildman–Crippen MR) is 138 cm³/mol. The number of carbonyl (C=O) groups excluding carboxylic acids is 1. The van der Waals surface area contributed by atoms with Crippen LogP contribution in [0.15, 0.2) is 11.6 Å². The van der Waals surface area contributed by atoms with Crippen LogP contribution in [0.5, 0.6) is 0 Å². The van der Waals surface area contributed by atoms with E-state index in [0.717, 1.165) is 48.3 Å². The zero-order valence-electron chi connectivity index (χ0n) is 22.8. The molecule has 0 saturated heterocycles. The Morgan fingerprint density at radius 1 is 1.00 bits per heavy atom. The number of rotatable bonds is 7. The molecule has 0 amide bonds. The molecule has 33 heavy (non-hydrogen) atoms. The van der Waals surface area contributed by atoms with E-state index in [1.165, 1.54) is 57.8 Å². The Morgan fingerprint density at radius 3 is 2.45 bits per heavy atom. The highest BCUT2D eigenvalue weighted by Gasteiger charge is 2.59. The van der Waals surface area contributed by atoms with Crippen LogP contribution in [0.2, 0.25) is 0 Å². The fourth-order valence-corrected chi connectivity index (χ4v) is 9.05. The van der Waals surface area contributed by atoms with Gasteiger partial charge in [0.25, 0.3) is 0 Å². The molecular weight excluding hydrogens is 404 g/mol. The Labute approximate surface area is 204 Å². The van der Waals surface area contributed by atoms with Crippen molar-refractivity contribution in [2.45, 2.75) is 125 Å². The molecule has 0 aromatic rings. The maximum Gasteiger partial charge on any atom is 0.308 e. The molecule has 0 spiro atoms. The van der Waals surface area contributed by atoms with Gasteiger partial charge < -0.3 is 4.74 Å². The van der Waals surface area contributed by atoms with Gasteiger partial charge in [-0.1, -0.05) is 79.4 Å². The fourth-order valence-electron chi connectivity index (χ4n) is 9.05. The van der Waals surface area contributed by atoms with Crippen LogP contribution in [-0.2, 0) is 9.53 Å². The summed E-state index contributed by atoms with van der Waals surface area (Å²) in [6.45, 7) is 16.5. The van der Waals surface area contributed by atoms with Crippen LogP contribution in [0, 0.1) is 52.3 Å². The van der Waals surface area contributed by atoms with Gasteiger partial charge in [-0.2, -0.15) is 0 Å². The Balaban J connectivity index is 1.45. The lowest BCUT2D eigenvalue weighted by molar-refractivity contribution is -0.155. The summed E-state index contributed by atoms with van der Waals surface area (Å²) >= 11 is 0. The third-order valence-electron chi connectivity index (χ3n) is 11.0. The zero-order chi connectivity index (χ0) is 24.0. The molecule has 3 saturated carbocycles. The van der Waals surface area contributed by atoms with Crippen molar-refractivity contribution in [3.8, 4) is 0 Å². The second kappa shape index (κ2) is 9.69. The normalized spacial score (nSPS) is 41.2. The average Bonchev–Trinajstić information content (AvgIpc) is 3.11. The summed E-state index contributed by atoms with van der Waals surface area (Å²) in [6, 6.07) is 0. The zero-order valence-corrected chi connectivity index (χ0v) is 22.8. The van der Waals surface area contributed by atoms with E-state index in [2.05, 4.69) is 40.7 Å². The molecule has 188 valence electrons. The highest BCUT2D eigenvalue weighted by molar-refractivity contribution is 5.71. The van der Waals surface area contributed by atoms with Crippen LogP contribution in [0.3, 0.4) is 0 Å². The molecule has 0 aromatic heterocycles. The van der Waals surface area contributed by atoms with Gasteiger partial charge in [0.1, 0.15) is 6.10 Å². The van der Waals surface area contributed by atoms with E-state index in [9.17, 15) is 4.79 Å². The molecule has 4 aliphatic rings. The molecule has 0 N–H and O–H groups in total. The summed E-state index contributed by atoms with van der Waals surface area (Å²) in [5.41, 5.74) is 2.52. The SMILES string of the molecule is CC(C)CCC[C@@H](C)[C@H]1CC[C@H]2[C@@H]3CC=C4C[C@H](OC(=O)C(C)C)CC[C@]4(C)[C@H]3CC[C@]12C. The minimum Gasteiger partial charge on any atom is -0.462 e. The van der Waals surface area contributed by atoms with Crippen molar-refractivity contribution < 1.29 is 9.53 Å². The number of esters is 1. The van der Waals surface area contributed by atoms with E-state index in [1.54, 1.807) is 5.57 Å². The van der Waals surface area contributed by atoms with E-state index >= 15 is 0 Å². The minimum absolute atomic E-state index is 0.0224. The quantitative estimate of drug-likeness (QED) is 0.283. The lowest BCUT2D eigenvalue weighted by Crippen LogP contribution is -2.51. The van der Waals surface area contributed by atoms with E-state index in [1.807, 2.05) is 13.8 Å². The molecule has 2 nitrogen and oxygen atoms in total. The lowest BCUT2D eigenvalue weighted by atomic mass is 9.47. The van der Waals surface area contributed by atoms with Gasteiger partial charge in [0.15, 0.2) is 0 Å². The fraction of sp³-hybridized carbons (Fsp3) is 0.903. The minimum atomic E-state index is -0.0258. The topological polar surface area (TPSA) is 26.3 Å². The summed E-state index contributed by atoms with van der Waals surface area (Å²) in [5.74, 6) is 5.24. The molecule has 4 aliphatic carbocycles. The van der Waals surface area contributed by atoms with Crippen molar-refractivity contribution in [1.29, 1.82) is 0 Å². The average molecular weight is 457 g/mol. The van der Waals surface area contributed by atoms with Crippen molar-refractivity contribution in [1.82, 2.24) is 0 Å². The van der Waals surface area contributed by atoms with Crippen LogP contribution >= 0.6 is 0 Å². The number of allylic oxidation sites excluding steroid dienone is 1. The van der Waals surface area contributed by atoms with Crippen LogP contribution < -0.4 is 0 Å². The Kier molecular flexibility index (Phi) is 7.43. The molecule has 0 heterocycles. The van der Waals surface area contributed by atoms with Gasteiger partial charge in [0.05, 0.1) is 5.92 Å². The number of carbonyl (C=O) groups is 1.